The number of nitrogens with one attached hydrogen (secondary N) is 1. The number of methoxy groups -OCH3 is 1. The summed E-state index contributed by atoms with van der Waals surface area (Å²) in [5.74, 6) is -2.20. The third-order valence-corrected chi connectivity index (χ3v) is 4.95. The van der Waals surface area contributed by atoms with Gasteiger partial charge in [0.05, 0.1) is 24.4 Å². The molecule has 2 aromatic rings. The summed E-state index contributed by atoms with van der Waals surface area (Å²) in [6, 6.07) is 7.99. The second-order valence-corrected chi connectivity index (χ2v) is 7.36. The van der Waals surface area contributed by atoms with Crippen molar-refractivity contribution in [3.63, 3.8) is 0 Å². The molecule has 1 aliphatic rings. The topological polar surface area (TPSA) is 94.2 Å². The Morgan fingerprint density at radius 1 is 1.24 bits per heavy atom. The van der Waals surface area contributed by atoms with Crippen LogP contribution in [0.15, 0.2) is 42.0 Å². The van der Waals surface area contributed by atoms with Crippen LogP contribution in [-0.4, -0.2) is 43.2 Å². The van der Waals surface area contributed by atoms with Gasteiger partial charge < -0.3 is 14.2 Å². The molecule has 1 fully saturated rings. The van der Waals surface area contributed by atoms with E-state index in [9.17, 15) is 18.8 Å². The zero-order valence-electron chi connectivity index (χ0n) is 17.5. The van der Waals surface area contributed by atoms with Gasteiger partial charge in [0.1, 0.15) is 11.4 Å². The summed E-state index contributed by atoms with van der Waals surface area (Å²) in [6.07, 6.45) is 1.31. The lowest BCUT2D eigenvalue weighted by molar-refractivity contribution is -0.145. The predicted molar refractivity (Wildman–Crippen MR) is 123 cm³/mol. The second kappa shape index (κ2) is 10.4. The van der Waals surface area contributed by atoms with Gasteiger partial charge in [-0.1, -0.05) is 11.6 Å². The number of carbonyl (C=O) groups is 3. The fraction of sp³-hybridized carbons (Fsp3) is 0.182. The van der Waals surface area contributed by atoms with E-state index >= 15 is 0 Å². The normalized spacial score (nSPS) is 14.8. The van der Waals surface area contributed by atoms with Gasteiger partial charge in [-0.05, 0) is 67.2 Å². The third-order valence-electron chi connectivity index (χ3n) is 4.39. The van der Waals surface area contributed by atoms with Crippen molar-refractivity contribution in [2.24, 2.45) is 0 Å². The molecule has 33 heavy (non-hydrogen) atoms. The van der Waals surface area contributed by atoms with E-state index < -0.39 is 23.6 Å². The largest absolute Gasteiger partial charge is 0.493 e. The molecule has 0 saturated carbocycles. The van der Waals surface area contributed by atoms with E-state index in [2.05, 4.69) is 5.32 Å². The fourth-order valence-corrected chi connectivity index (χ4v) is 3.50. The number of ether oxygens (including phenoxy) is 3. The van der Waals surface area contributed by atoms with Crippen LogP contribution in [0.3, 0.4) is 0 Å². The van der Waals surface area contributed by atoms with E-state index in [1.54, 1.807) is 6.92 Å². The van der Waals surface area contributed by atoms with Crippen LogP contribution in [0, 0.1) is 5.82 Å². The van der Waals surface area contributed by atoms with Crippen molar-refractivity contribution < 1.29 is 33.0 Å². The summed E-state index contributed by atoms with van der Waals surface area (Å²) in [4.78, 5) is 38.2. The molecule has 2 amide bonds. The Balaban J connectivity index is 1.93. The number of anilines is 1. The minimum Gasteiger partial charge on any atom is -0.493 e. The molecule has 0 aliphatic carbocycles. The monoisotopic (exact) mass is 492 g/mol. The molecule has 8 nitrogen and oxygen atoms in total. The van der Waals surface area contributed by atoms with Crippen LogP contribution in [0.4, 0.5) is 10.1 Å². The quantitative estimate of drug-likeness (QED) is 0.274. The Bertz CT molecular complexity index is 1150. The first-order valence-electron chi connectivity index (χ1n) is 9.58. The Labute approximate surface area is 198 Å². The van der Waals surface area contributed by atoms with E-state index in [-0.39, 0.29) is 46.1 Å². The van der Waals surface area contributed by atoms with Crippen molar-refractivity contribution in [3.8, 4) is 11.5 Å². The van der Waals surface area contributed by atoms with E-state index in [0.29, 0.717) is 5.56 Å². The van der Waals surface area contributed by atoms with Crippen LogP contribution < -0.4 is 19.7 Å². The fourth-order valence-electron chi connectivity index (χ4n) is 2.95. The van der Waals surface area contributed by atoms with Crippen molar-refractivity contribution in [3.05, 3.63) is 58.4 Å². The molecule has 1 heterocycles. The molecule has 3 rings (SSSR count). The summed E-state index contributed by atoms with van der Waals surface area (Å²) in [6.45, 7) is 1.49. The van der Waals surface area contributed by atoms with Gasteiger partial charge in [0.25, 0.3) is 11.8 Å². The smallest absolute Gasteiger partial charge is 0.344 e. The molecule has 0 aromatic heterocycles. The third kappa shape index (κ3) is 5.47. The molecular formula is C22H18ClFN2O6S. The van der Waals surface area contributed by atoms with Crippen molar-refractivity contribution in [1.82, 2.24) is 5.32 Å². The first-order chi connectivity index (χ1) is 15.7. The minimum atomic E-state index is -0.707. The highest BCUT2D eigenvalue weighted by atomic mass is 35.5. The Hall–Kier alpha value is -3.50. The zero-order chi connectivity index (χ0) is 24.1. The molecule has 0 atom stereocenters. The summed E-state index contributed by atoms with van der Waals surface area (Å²) < 4.78 is 28.8. The van der Waals surface area contributed by atoms with Gasteiger partial charge in [-0.3, -0.25) is 19.8 Å². The van der Waals surface area contributed by atoms with Crippen molar-refractivity contribution >= 4 is 58.5 Å². The number of nitrogens with zero attached hydrogens (tertiary/aromatic N) is 1. The van der Waals surface area contributed by atoms with Crippen LogP contribution in [0.25, 0.3) is 6.08 Å². The van der Waals surface area contributed by atoms with Crippen LogP contribution in [0.2, 0.25) is 5.02 Å². The molecule has 0 unspecified atom stereocenters. The lowest BCUT2D eigenvalue weighted by atomic mass is 10.1. The highest BCUT2D eigenvalue weighted by molar-refractivity contribution is 7.80. The van der Waals surface area contributed by atoms with Crippen LogP contribution >= 0.6 is 23.8 Å². The SMILES string of the molecule is CCOC(=O)COc1c(Cl)cc(/C=C2/C(=O)NC(=S)N(c3ccc(F)cc3)C2=O)cc1OC. The number of hydrogen-bond donors (Lipinski definition) is 1. The zero-order valence-corrected chi connectivity index (χ0v) is 19.1. The lowest BCUT2D eigenvalue weighted by Gasteiger charge is -2.28. The summed E-state index contributed by atoms with van der Waals surface area (Å²) in [5, 5.41) is 2.39. The molecule has 2 aromatic carbocycles. The lowest BCUT2D eigenvalue weighted by Crippen LogP contribution is -2.54. The molecular weight excluding hydrogens is 475 g/mol. The Morgan fingerprint density at radius 2 is 1.94 bits per heavy atom. The number of halogens is 2. The van der Waals surface area contributed by atoms with Crippen molar-refractivity contribution in [2.45, 2.75) is 6.92 Å². The predicted octanol–water partition coefficient (Wildman–Crippen LogP) is 3.26. The Kier molecular flexibility index (Phi) is 7.62. The summed E-state index contributed by atoms with van der Waals surface area (Å²) >= 11 is 11.4. The number of carbonyl (C=O) groups excluding carboxylic acids is 3. The van der Waals surface area contributed by atoms with Crippen molar-refractivity contribution in [2.75, 3.05) is 25.2 Å². The average Bonchev–Trinajstić information content (AvgIpc) is 2.77. The minimum absolute atomic E-state index is 0.0834. The molecule has 1 aliphatic heterocycles. The van der Waals surface area contributed by atoms with Crippen LogP contribution in [0.1, 0.15) is 12.5 Å². The highest BCUT2D eigenvalue weighted by Gasteiger charge is 2.34. The van der Waals surface area contributed by atoms with E-state index in [4.69, 9.17) is 38.0 Å². The Morgan fingerprint density at radius 3 is 2.58 bits per heavy atom. The van der Waals surface area contributed by atoms with Gasteiger partial charge in [0.2, 0.25) is 0 Å². The molecule has 0 bridgehead atoms. The number of hydrogen-bond acceptors (Lipinski definition) is 7. The number of esters is 1. The maximum Gasteiger partial charge on any atom is 0.344 e. The standard InChI is InChI=1S/C22H18ClFN2O6S/c1-3-31-18(27)11-32-19-16(23)9-12(10-17(19)30-2)8-15-20(28)25-22(33)26(21(15)29)14-6-4-13(24)5-7-14/h4-10H,3,11H2,1-2H3,(H,25,28,33)/b15-8-. The van der Waals surface area contributed by atoms with Gasteiger partial charge in [0, 0.05) is 0 Å². The van der Waals surface area contributed by atoms with Crippen LogP contribution in [-0.2, 0) is 19.1 Å². The van der Waals surface area contributed by atoms with Gasteiger partial charge in [0.15, 0.2) is 23.2 Å². The van der Waals surface area contributed by atoms with Gasteiger partial charge in [-0.2, -0.15) is 0 Å². The number of rotatable bonds is 7. The number of amides is 2. The summed E-state index contributed by atoms with van der Waals surface area (Å²) in [7, 11) is 1.37. The molecule has 0 radical (unpaired) electrons. The maximum absolute atomic E-state index is 13.3. The van der Waals surface area contributed by atoms with E-state index in [0.717, 1.165) is 4.90 Å². The number of benzene rings is 2. The average molecular weight is 493 g/mol. The van der Waals surface area contributed by atoms with Gasteiger partial charge >= 0.3 is 5.97 Å². The second-order valence-electron chi connectivity index (χ2n) is 6.56. The van der Waals surface area contributed by atoms with E-state index in [1.165, 1.54) is 49.6 Å². The van der Waals surface area contributed by atoms with Crippen molar-refractivity contribution in [1.29, 1.82) is 0 Å². The van der Waals surface area contributed by atoms with E-state index in [1.807, 2.05) is 0 Å². The van der Waals surface area contributed by atoms with Crippen LogP contribution in [0.5, 0.6) is 11.5 Å². The molecule has 1 N–H and O–H groups in total. The number of thiocarbonyl (C=S) groups is 1. The highest BCUT2D eigenvalue weighted by Crippen LogP contribution is 2.37. The van der Waals surface area contributed by atoms with Gasteiger partial charge in [-0.25, -0.2) is 9.18 Å². The molecule has 172 valence electrons. The summed E-state index contributed by atoms with van der Waals surface area (Å²) in [5.41, 5.74) is 0.410. The van der Waals surface area contributed by atoms with Gasteiger partial charge in [-0.15, -0.1) is 0 Å². The molecule has 11 heteroatoms. The first-order valence-corrected chi connectivity index (χ1v) is 10.4. The first kappa shape index (κ1) is 24.1. The molecule has 0 spiro atoms. The maximum atomic E-state index is 13.3. The molecule has 1 saturated heterocycles.